The van der Waals surface area contributed by atoms with Gasteiger partial charge in [-0.05, 0) is 29.0 Å². The molecule has 152 valence electrons. The maximum absolute atomic E-state index is 14.7. The highest BCUT2D eigenvalue weighted by Gasteiger charge is 2.14. The highest BCUT2D eigenvalue weighted by Crippen LogP contribution is 2.29. The van der Waals surface area contributed by atoms with E-state index < -0.39 is 17.3 Å². The smallest absolute Gasteiger partial charge is 0.338 e. The average Bonchev–Trinajstić information content (AvgIpc) is 3.25. The fraction of sp³-hybridized carbons (Fsp3) is 0. The van der Waals surface area contributed by atoms with Crippen molar-refractivity contribution in [2.45, 2.75) is 0 Å². The molecule has 3 aromatic carbocycles. The monoisotopic (exact) mass is 416 g/mol. The van der Waals surface area contributed by atoms with Crippen molar-refractivity contribution in [1.82, 2.24) is 19.7 Å². The van der Waals surface area contributed by atoms with Crippen LogP contribution in [0.15, 0.2) is 71.8 Å². The van der Waals surface area contributed by atoms with Gasteiger partial charge >= 0.3 is 5.97 Å². The van der Waals surface area contributed by atoms with E-state index in [1.165, 1.54) is 12.3 Å². The number of carbonyl (C=O) groups is 1. The number of H-pyrrole nitrogens is 1. The molecule has 5 aromatic rings. The molecule has 0 fully saturated rings. The number of carboxylic acids is 1. The van der Waals surface area contributed by atoms with E-state index in [-0.39, 0.29) is 28.2 Å². The number of nitrogens with zero attached hydrogens (tertiary/aromatic N) is 3. The predicted octanol–water partition coefficient (Wildman–Crippen LogP) is 3.89. The van der Waals surface area contributed by atoms with Crippen molar-refractivity contribution in [3.8, 4) is 17.4 Å². The standard InChI is InChI=1S/C22H13FN4O4/c23-17-9-18-16(20(28)26-22(25-18)27-11-14(10-24-27)21(29)30)8-19(17)31-15-6-5-12-3-1-2-4-13(12)7-15/h1-11H,(H,29,30)(H,25,26,28). The fourth-order valence-corrected chi connectivity index (χ4v) is 3.22. The molecule has 0 bridgehead atoms. The Morgan fingerprint density at radius 2 is 1.90 bits per heavy atom. The second-order valence-corrected chi connectivity index (χ2v) is 6.78. The lowest BCUT2D eigenvalue weighted by atomic mass is 10.1. The molecule has 9 heteroatoms. The largest absolute Gasteiger partial charge is 0.478 e. The molecule has 31 heavy (non-hydrogen) atoms. The minimum atomic E-state index is -1.17. The van der Waals surface area contributed by atoms with Crippen molar-refractivity contribution in [2.24, 2.45) is 0 Å². The number of aromatic nitrogens is 4. The molecule has 0 amide bonds. The molecule has 0 saturated heterocycles. The van der Waals surface area contributed by atoms with Gasteiger partial charge in [-0.25, -0.2) is 18.9 Å². The number of ether oxygens (including phenoxy) is 1. The average molecular weight is 416 g/mol. The lowest BCUT2D eigenvalue weighted by molar-refractivity contribution is 0.0697. The van der Waals surface area contributed by atoms with Gasteiger partial charge in [-0.3, -0.25) is 9.78 Å². The number of aromatic carboxylic acids is 1. The van der Waals surface area contributed by atoms with Gasteiger partial charge in [0, 0.05) is 12.3 Å². The first kappa shape index (κ1) is 18.5. The van der Waals surface area contributed by atoms with E-state index >= 15 is 0 Å². The van der Waals surface area contributed by atoms with Gasteiger partial charge in [0.2, 0.25) is 5.95 Å². The van der Waals surface area contributed by atoms with E-state index in [9.17, 15) is 14.0 Å². The molecule has 0 saturated carbocycles. The van der Waals surface area contributed by atoms with Crippen LogP contribution in [0.3, 0.4) is 0 Å². The summed E-state index contributed by atoms with van der Waals surface area (Å²) >= 11 is 0. The zero-order chi connectivity index (χ0) is 21.5. The minimum Gasteiger partial charge on any atom is -0.478 e. The van der Waals surface area contributed by atoms with Crippen LogP contribution in [-0.4, -0.2) is 30.8 Å². The first-order chi connectivity index (χ1) is 15.0. The first-order valence-electron chi connectivity index (χ1n) is 9.16. The molecular formula is C22H13FN4O4. The highest BCUT2D eigenvalue weighted by atomic mass is 19.1. The number of hydrogen-bond acceptors (Lipinski definition) is 5. The Morgan fingerprint density at radius 1 is 1.10 bits per heavy atom. The quantitative estimate of drug-likeness (QED) is 0.460. The summed E-state index contributed by atoms with van der Waals surface area (Å²) in [5.74, 6) is -1.59. The van der Waals surface area contributed by atoms with Crippen LogP contribution in [0.5, 0.6) is 11.5 Å². The van der Waals surface area contributed by atoms with E-state index in [4.69, 9.17) is 9.84 Å². The van der Waals surface area contributed by atoms with Gasteiger partial charge in [-0.2, -0.15) is 5.10 Å². The molecule has 0 aliphatic carbocycles. The summed E-state index contributed by atoms with van der Waals surface area (Å²) in [7, 11) is 0. The maximum atomic E-state index is 14.7. The Labute approximate surface area is 173 Å². The van der Waals surface area contributed by atoms with Crippen LogP contribution in [0.2, 0.25) is 0 Å². The van der Waals surface area contributed by atoms with Gasteiger partial charge in [-0.1, -0.05) is 30.3 Å². The zero-order valence-corrected chi connectivity index (χ0v) is 15.7. The van der Waals surface area contributed by atoms with Crippen LogP contribution in [-0.2, 0) is 0 Å². The Morgan fingerprint density at radius 3 is 2.68 bits per heavy atom. The molecule has 0 unspecified atom stereocenters. The topological polar surface area (TPSA) is 110 Å². The highest BCUT2D eigenvalue weighted by molar-refractivity contribution is 5.87. The summed E-state index contributed by atoms with van der Waals surface area (Å²) in [5, 5.41) is 14.9. The number of nitrogens with one attached hydrogen (secondary N) is 1. The van der Waals surface area contributed by atoms with Gasteiger partial charge in [0.15, 0.2) is 11.6 Å². The Hall–Kier alpha value is -4.53. The van der Waals surface area contributed by atoms with Gasteiger partial charge in [0.05, 0.1) is 22.7 Å². The van der Waals surface area contributed by atoms with Crippen LogP contribution in [0.4, 0.5) is 4.39 Å². The molecule has 0 spiro atoms. The molecule has 0 radical (unpaired) electrons. The third kappa shape index (κ3) is 3.38. The lowest BCUT2D eigenvalue weighted by Gasteiger charge is -2.09. The summed E-state index contributed by atoms with van der Waals surface area (Å²) in [5.41, 5.74) is -0.543. The SMILES string of the molecule is O=C(O)c1cnn(-c2nc3cc(F)c(Oc4ccc5ccccc5c4)cc3c(=O)[nH]2)c1. The van der Waals surface area contributed by atoms with E-state index in [0.29, 0.717) is 5.75 Å². The van der Waals surface area contributed by atoms with Crippen LogP contribution in [0, 0.1) is 5.82 Å². The molecule has 0 aliphatic rings. The number of hydrogen-bond donors (Lipinski definition) is 2. The molecule has 2 aromatic heterocycles. The van der Waals surface area contributed by atoms with Gasteiger partial charge in [0.1, 0.15) is 5.75 Å². The zero-order valence-electron chi connectivity index (χ0n) is 15.7. The van der Waals surface area contributed by atoms with Crippen LogP contribution >= 0.6 is 0 Å². The van der Waals surface area contributed by atoms with Crippen LogP contribution in [0.1, 0.15) is 10.4 Å². The van der Waals surface area contributed by atoms with E-state index in [1.807, 2.05) is 30.3 Å². The fourth-order valence-electron chi connectivity index (χ4n) is 3.22. The van der Waals surface area contributed by atoms with Crippen molar-refractivity contribution >= 4 is 27.6 Å². The number of rotatable bonds is 4. The normalized spacial score (nSPS) is 11.1. The second-order valence-electron chi connectivity index (χ2n) is 6.78. The number of fused-ring (bicyclic) bond motifs is 2. The van der Waals surface area contributed by atoms with Gasteiger partial charge < -0.3 is 9.84 Å². The Balaban J connectivity index is 1.54. The molecule has 0 atom stereocenters. The molecule has 2 heterocycles. The lowest BCUT2D eigenvalue weighted by Crippen LogP contribution is -2.14. The summed E-state index contributed by atoms with van der Waals surface area (Å²) < 4.78 is 21.5. The van der Waals surface area contributed by atoms with Crippen molar-refractivity contribution in [1.29, 1.82) is 0 Å². The Kier molecular flexibility index (Phi) is 4.21. The van der Waals surface area contributed by atoms with E-state index in [2.05, 4.69) is 15.1 Å². The maximum Gasteiger partial charge on any atom is 0.338 e. The summed E-state index contributed by atoms with van der Waals surface area (Å²) in [6, 6.07) is 15.4. The van der Waals surface area contributed by atoms with Gasteiger partial charge in [-0.15, -0.1) is 0 Å². The predicted molar refractivity (Wildman–Crippen MR) is 110 cm³/mol. The number of halogens is 1. The summed E-state index contributed by atoms with van der Waals surface area (Å²) in [4.78, 5) is 30.3. The van der Waals surface area contributed by atoms with Crippen molar-refractivity contribution in [3.63, 3.8) is 0 Å². The van der Waals surface area contributed by atoms with Gasteiger partial charge in [0.25, 0.3) is 5.56 Å². The van der Waals surface area contributed by atoms with Crippen molar-refractivity contribution in [3.05, 3.63) is 88.7 Å². The third-order valence-electron chi connectivity index (χ3n) is 4.74. The van der Waals surface area contributed by atoms with Crippen LogP contribution < -0.4 is 10.3 Å². The molecule has 0 aliphatic heterocycles. The molecule has 5 rings (SSSR count). The molecule has 8 nitrogen and oxygen atoms in total. The van der Waals surface area contributed by atoms with E-state index in [0.717, 1.165) is 27.7 Å². The Bertz CT molecular complexity index is 1540. The molecular weight excluding hydrogens is 403 g/mol. The van der Waals surface area contributed by atoms with Crippen LogP contribution in [0.25, 0.3) is 27.6 Å². The number of benzene rings is 3. The summed E-state index contributed by atoms with van der Waals surface area (Å²) in [6.07, 6.45) is 2.31. The second kappa shape index (κ2) is 7.06. The van der Waals surface area contributed by atoms with Crippen molar-refractivity contribution in [2.75, 3.05) is 0 Å². The first-order valence-corrected chi connectivity index (χ1v) is 9.16. The minimum absolute atomic E-state index is 0.0346. The summed E-state index contributed by atoms with van der Waals surface area (Å²) in [6.45, 7) is 0. The van der Waals surface area contributed by atoms with E-state index in [1.54, 1.807) is 12.1 Å². The number of carboxylic acid groups (broad SMARTS) is 1. The van der Waals surface area contributed by atoms with Crippen molar-refractivity contribution < 1.29 is 19.0 Å². The number of aromatic amines is 1. The molecule has 2 N–H and O–H groups in total. The third-order valence-corrected chi connectivity index (χ3v) is 4.74.